The Morgan fingerprint density at radius 1 is 1.03 bits per heavy atom. The number of aryl methyl sites for hydroxylation is 3. The molecular weight excluding hydrogens is 368 g/mol. The van der Waals surface area contributed by atoms with Crippen molar-refractivity contribution in [3.05, 3.63) is 76.6 Å². The van der Waals surface area contributed by atoms with E-state index in [1.54, 1.807) is 14.0 Å². The number of rotatable bonds is 6. The van der Waals surface area contributed by atoms with E-state index < -0.39 is 5.97 Å². The molecule has 0 saturated heterocycles. The number of benzene rings is 2. The maximum Gasteiger partial charge on any atom is 0.361 e. The van der Waals surface area contributed by atoms with Crippen LogP contribution in [-0.2, 0) is 16.1 Å². The molecule has 0 radical (unpaired) electrons. The first-order chi connectivity index (χ1) is 13.8. The standard InChI is InChI=1S/C22H24N4O3/c1-15-10-11-19(16(2)12-15)26-23-17(3)21(24-26)22(28)29-14-20(27)25(4)13-18-8-6-5-7-9-18/h5-12H,13-14H2,1-4H3. The van der Waals surface area contributed by atoms with Gasteiger partial charge in [-0.2, -0.15) is 9.90 Å². The predicted molar refractivity (Wildman–Crippen MR) is 109 cm³/mol. The molecule has 150 valence electrons. The van der Waals surface area contributed by atoms with Crippen LogP contribution in [0.2, 0.25) is 0 Å². The summed E-state index contributed by atoms with van der Waals surface area (Å²) in [6, 6.07) is 15.5. The molecule has 3 rings (SSSR count). The van der Waals surface area contributed by atoms with E-state index in [1.165, 1.54) is 9.70 Å². The Hall–Kier alpha value is -3.48. The lowest BCUT2D eigenvalue weighted by molar-refractivity contribution is -0.133. The first-order valence-electron chi connectivity index (χ1n) is 9.31. The molecule has 0 aliphatic heterocycles. The highest BCUT2D eigenvalue weighted by molar-refractivity contribution is 5.90. The smallest absolute Gasteiger partial charge is 0.361 e. The lowest BCUT2D eigenvalue weighted by Crippen LogP contribution is -2.31. The van der Waals surface area contributed by atoms with E-state index in [2.05, 4.69) is 10.2 Å². The Bertz CT molecular complexity index is 1030. The number of aromatic nitrogens is 3. The molecule has 0 atom stereocenters. The molecule has 2 aromatic carbocycles. The van der Waals surface area contributed by atoms with E-state index in [0.29, 0.717) is 12.2 Å². The third-order valence-electron chi connectivity index (χ3n) is 4.56. The SMILES string of the molecule is Cc1ccc(-n2nc(C)c(C(=O)OCC(=O)N(C)Cc3ccccc3)n2)c(C)c1. The fraction of sp³-hybridized carbons (Fsp3) is 0.273. The first-order valence-corrected chi connectivity index (χ1v) is 9.31. The number of likely N-dealkylation sites (N-methyl/N-ethyl adjacent to an activating group) is 1. The molecule has 3 aromatic rings. The summed E-state index contributed by atoms with van der Waals surface area (Å²) in [6.07, 6.45) is 0. The third-order valence-corrected chi connectivity index (χ3v) is 4.56. The van der Waals surface area contributed by atoms with Crippen molar-refractivity contribution < 1.29 is 14.3 Å². The summed E-state index contributed by atoms with van der Waals surface area (Å²) < 4.78 is 5.18. The molecule has 0 N–H and O–H groups in total. The van der Waals surface area contributed by atoms with Crippen molar-refractivity contribution >= 4 is 11.9 Å². The zero-order chi connectivity index (χ0) is 21.0. The topological polar surface area (TPSA) is 77.3 Å². The van der Waals surface area contributed by atoms with Gasteiger partial charge in [0.25, 0.3) is 5.91 Å². The molecule has 7 nitrogen and oxygen atoms in total. The highest BCUT2D eigenvalue weighted by atomic mass is 16.5. The normalized spacial score (nSPS) is 10.6. The van der Waals surface area contributed by atoms with Crippen LogP contribution < -0.4 is 0 Å². The summed E-state index contributed by atoms with van der Waals surface area (Å²) in [7, 11) is 1.67. The van der Waals surface area contributed by atoms with E-state index >= 15 is 0 Å². The van der Waals surface area contributed by atoms with Gasteiger partial charge in [0.05, 0.1) is 11.4 Å². The van der Waals surface area contributed by atoms with Crippen molar-refractivity contribution in [2.45, 2.75) is 27.3 Å². The first kappa shape index (κ1) is 20.3. The molecule has 1 amide bonds. The average molecular weight is 392 g/mol. The molecular formula is C22H24N4O3. The summed E-state index contributed by atoms with van der Waals surface area (Å²) in [6.45, 7) is 5.75. The largest absolute Gasteiger partial charge is 0.451 e. The van der Waals surface area contributed by atoms with E-state index in [0.717, 1.165) is 22.4 Å². The lowest BCUT2D eigenvalue weighted by atomic mass is 10.1. The van der Waals surface area contributed by atoms with Gasteiger partial charge in [0.2, 0.25) is 0 Å². The minimum atomic E-state index is -0.667. The van der Waals surface area contributed by atoms with Crippen LogP contribution in [0.5, 0.6) is 0 Å². The van der Waals surface area contributed by atoms with Gasteiger partial charge in [-0.25, -0.2) is 4.79 Å². The third kappa shape index (κ3) is 4.87. The number of amides is 1. The maximum atomic E-state index is 12.4. The van der Waals surface area contributed by atoms with Crippen molar-refractivity contribution in [2.24, 2.45) is 0 Å². The summed E-state index contributed by atoms with van der Waals surface area (Å²) in [5, 5.41) is 8.59. The van der Waals surface area contributed by atoms with Gasteiger partial charge >= 0.3 is 5.97 Å². The monoisotopic (exact) mass is 392 g/mol. The lowest BCUT2D eigenvalue weighted by Gasteiger charge is -2.17. The van der Waals surface area contributed by atoms with Gasteiger partial charge in [-0.3, -0.25) is 4.79 Å². The molecule has 0 aliphatic carbocycles. The molecule has 0 bridgehead atoms. The number of hydrogen-bond donors (Lipinski definition) is 0. The van der Waals surface area contributed by atoms with Gasteiger partial charge in [-0.1, -0.05) is 48.0 Å². The minimum absolute atomic E-state index is 0.100. The van der Waals surface area contributed by atoms with Crippen LogP contribution in [0.4, 0.5) is 0 Å². The average Bonchev–Trinajstić information content (AvgIpc) is 3.08. The van der Waals surface area contributed by atoms with Crippen LogP contribution in [0.3, 0.4) is 0 Å². The van der Waals surface area contributed by atoms with Crippen LogP contribution in [0.15, 0.2) is 48.5 Å². The van der Waals surface area contributed by atoms with E-state index in [-0.39, 0.29) is 18.2 Å². The molecule has 1 heterocycles. The van der Waals surface area contributed by atoms with Crippen molar-refractivity contribution in [3.63, 3.8) is 0 Å². The molecule has 7 heteroatoms. The van der Waals surface area contributed by atoms with Crippen LogP contribution in [0.1, 0.15) is 32.9 Å². The molecule has 29 heavy (non-hydrogen) atoms. The van der Waals surface area contributed by atoms with E-state index in [9.17, 15) is 9.59 Å². The number of nitrogens with zero attached hydrogens (tertiary/aromatic N) is 4. The second-order valence-electron chi connectivity index (χ2n) is 7.02. The number of carbonyl (C=O) groups excluding carboxylic acids is 2. The predicted octanol–water partition coefficient (Wildman–Crippen LogP) is 3.01. The summed E-state index contributed by atoms with van der Waals surface area (Å²) >= 11 is 0. The Morgan fingerprint density at radius 3 is 2.45 bits per heavy atom. The van der Waals surface area contributed by atoms with E-state index in [1.807, 2.05) is 62.4 Å². The Labute approximate surface area is 169 Å². The molecule has 1 aromatic heterocycles. The van der Waals surface area contributed by atoms with Gasteiger partial charge in [-0.05, 0) is 38.0 Å². The molecule has 0 aliphatic rings. The molecule has 0 spiro atoms. The quantitative estimate of drug-likeness (QED) is 0.603. The van der Waals surface area contributed by atoms with Crippen molar-refractivity contribution in [1.29, 1.82) is 0 Å². The molecule has 0 saturated carbocycles. The van der Waals surface area contributed by atoms with Crippen molar-refractivity contribution in [1.82, 2.24) is 19.9 Å². The van der Waals surface area contributed by atoms with Gasteiger partial charge in [-0.15, -0.1) is 5.10 Å². The second kappa shape index (κ2) is 8.68. The fourth-order valence-electron chi connectivity index (χ4n) is 2.96. The van der Waals surface area contributed by atoms with E-state index in [4.69, 9.17) is 4.74 Å². The van der Waals surface area contributed by atoms with Gasteiger partial charge < -0.3 is 9.64 Å². The van der Waals surface area contributed by atoms with Gasteiger partial charge in [0, 0.05) is 13.6 Å². The number of ether oxygens (including phenoxy) is 1. The Morgan fingerprint density at radius 2 is 1.76 bits per heavy atom. The van der Waals surface area contributed by atoms with Crippen LogP contribution >= 0.6 is 0 Å². The summed E-state index contributed by atoms with van der Waals surface area (Å²) in [5.41, 5.74) is 4.47. The summed E-state index contributed by atoms with van der Waals surface area (Å²) in [5.74, 6) is -0.957. The van der Waals surface area contributed by atoms with Gasteiger partial charge in [0.15, 0.2) is 12.3 Å². The minimum Gasteiger partial charge on any atom is -0.451 e. The maximum absolute atomic E-state index is 12.4. The highest BCUT2D eigenvalue weighted by Crippen LogP contribution is 2.15. The zero-order valence-electron chi connectivity index (χ0n) is 17.0. The molecule has 0 unspecified atom stereocenters. The van der Waals surface area contributed by atoms with Crippen molar-refractivity contribution in [3.8, 4) is 5.69 Å². The second-order valence-corrected chi connectivity index (χ2v) is 7.02. The highest BCUT2D eigenvalue weighted by Gasteiger charge is 2.20. The van der Waals surface area contributed by atoms with Crippen LogP contribution in [-0.4, -0.2) is 45.4 Å². The number of carbonyl (C=O) groups is 2. The van der Waals surface area contributed by atoms with Crippen LogP contribution in [0, 0.1) is 20.8 Å². The Kier molecular flexibility index (Phi) is 6.07. The molecule has 0 fully saturated rings. The zero-order valence-corrected chi connectivity index (χ0v) is 17.0. The number of esters is 1. The number of hydrogen-bond acceptors (Lipinski definition) is 5. The summed E-state index contributed by atoms with van der Waals surface area (Å²) in [4.78, 5) is 27.6. The fourth-order valence-corrected chi connectivity index (χ4v) is 2.96. The van der Waals surface area contributed by atoms with Crippen molar-refractivity contribution in [2.75, 3.05) is 13.7 Å². The van der Waals surface area contributed by atoms with Crippen LogP contribution in [0.25, 0.3) is 5.69 Å². The van der Waals surface area contributed by atoms with Gasteiger partial charge in [0.1, 0.15) is 0 Å². The Balaban J connectivity index is 1.63.